The first-order valence-electron chi connectivity index (χ1n) is 12.4. The van der Waals surface area contributed by atoms with Gasteiger partial charge in [0.1, 0.15) is 28.1 Å². The highest BCUT2D eigenvalue weighted by Gasteiger charge is 2.23. The molecule has 7 rings (SSSR count). The zero-order valence-corrected chi connectivity index (χ0v) is 20.7. The smallest absolute Gasteiger partial charge is 0.335 e. The van der Waals surface area contributed by atoms with E-state index in [2.05, 4.69) is 6.58 Å². The third-order valence-corrected chi connectivity index (χ3v) is 6.99. The average Bonchev–Trinajstić information content (AvgIpc) is 3.52. The fourth-order valence-electron chi connectivity index (χ4n) is 5.34. The van der Waals surface area contributed by atoms with Gasteiger partial charge in [-0.3, -0.25) is 0 Å². The van der Waals surface area contributed by atoms with E-state index < -0.39 is 5.97 Å². The number of rotatable bonds is 4. The number of fused-ring (bicyclic) bond motifs is 6. The fraction of sp³-hybridized carbons (Fsp3) is 0.0294. The van der Waals surface area contributed by atoms with Gasteiger partial charge in [0.2, 0.25) is 0 Å². The molecule has 0 radical (unpaired) electrons. The summed E-state index contributed by atoms with van der Waals surface area (Å²) in [6.45, 7) is 5.66. The quantitative estimate of drug-likeness (QED) is 0.139. The van der Waals surface area contributed by atoms with Gasteiger partial charge in [0.15, 0.2) is 0 Å². The van der Waals surface area contributed by atoms with Crippen LogP contribution < -0.4 is 4.74 Å². The molecule has 0 atom stereocenters. The number of carbonyl (C=O) groups excluding carboxylic acids is 1. The van der Waals surface area contributed by atoms with Gasteiger partial charge in [0.05, 0.1) is 0 Å². The molecule has 0 spiro atoms. The Hall–Kier alpha value is -5.09. The molecule has 2 heterocycles. The zero-order chi connectivity index (χ0) is 25.8. The van der Waals surface area contributed by atoms with Gasteiger partial charge in [-0.15, -0.1) is 0 Å². The number of aryl methyl sites for hydroxylation is 1. The van der Waals surface area contributed by atoms with E-state index in [1.54, 1.807) is 0 Å². The first kappa shape index (κ1) is 22.1. The normalized spacial score (nSPS) is 11.5. The molecule has 5 aromatic carbocycles. The van der Waals surface area contributed by atoms with E-state index in [0.717, 1.165) is 71.7 Å². The Bertz CT molecular complexity index is 1920. The maximum absolute atomic E-state index is 12.7. The van der Waals surface area contributed by atoms with Crippen molar-refractivity contribution in [1.29, 1.82) is 0 Å². The lowest BCUT2D eigenvalue weighted by Gasteiger charge is -2.16. The maximum Gasteiger partial charge on any atom is 0.335 e. The van der Waals surface area contributed by atoms with E-state index in [9.17, 15) is 4.79 Å². The summed E-state index contributed by atoms with van der Waals surface area (Å²) in [7, 11) is 0. The van der Waals surface area contributed by atoms with E-state index in [0.29, 0.717) is 5.75 Å². The number of para-hydroxylation sites is 4. The predicted octanol–water partition coefficient (Wildman–Crippen LogP) is 9.22. The topological polar surface area (TPSA) is 52.6 Å². The van der Waals surface area contributed by atoms with Crippen molar-refractivity contribution in [3.8, 4) is 28.0 Å². The molecule has 182 valence electrons. The minimum atomic E-state index is -0.537. The van der Waals surface area contributed by atoms with Crippen LogP contribution in [0.5, 0.6) is 5.75 Å². The van der Waals surface area contributed by atoms with Crippen LogP contribution in [0, 0.1) is 6.92 Å². The third-order valence-electron chi connectivity index (χ3n) is 6.99. The number of hydrogen-bond donors (Lipinski definition) is 0. The lowest BCUT2D eigenvalue weighted by Crippen LogP contribution is -2.06. The summed E-state index contributed by atoms with van der Waals surface area (Å²) in [6.07, 6.45) is 1.18. The molecule has 4 nitrogen and oxygen atoms in total. The van der Waals surface area contributed by atoms with Crippen LogP contribution in [-0.4, -0.2) is 5.97 Å². The van der Waals surface area contributed by atoms with Crippen LogP contribution in [0.3, 0.4) is 0 Å². The molecule has 0 saturated carbocycles. The van der Waals surface area contributed by atoms with Gasteiger partial charge >= 0.3 is 5.97 Å². The molecule has 0 N–H and O–H groups in total. The van der Waals surface area contributed by atoms with E-state index in [1.165, 1.54) is 6.08 Å². The molecule has 2 aromatic heterocycles. The number of furan rings is 2. The highest BCUT2D eigenvalue weighted by atomic mass is 16.5. The van der Waals surface area contributed by atoms with Crippen LogP contribution in [-0.2, 0) is 4.79 Å². The average molecular weight is 495 g/mol. The van der Waals surface area contributed by atoms with Crippen LogP contribution in [0.2, 0.25) is 0 Å². The van der Waals surface area contributed by atoms with Crippen molar-refractivity contribution < 1.29 is 18.4 Å². The van der Waals surface area contributed by atoms with Crippen molar-refractivity contribution in [2.45, 2.75) is 6.92 Å². The molecule has 38 heavy (non-hydrogen) atoms. The van der Waals surface area contributed by atoms with Crippen molar-refractivity contribution >= 4 is 49.8 Å². The molecular formula is C34H22O4. The Balaban J connectivity index is 1.57. The Morgan fingerprint density at radius 2 is 1.13 bits per heavy atom. The van der Waals surface area contributed by atoms with Gasteiger partial charge < -0.3 is 13.6 Å². The summed E-state index contributed by atoms with van der Waals surface area (Å²) in [5, 5.41) is 4.07. The van der Waals surface area contributed by atoms with Gasteiger partial charge in [0.25, 0.3) is 0 Å². The lowest BCUT2D eigenvalue weighted by molar-refractivity contribution is -0.128. The number of esters is 1. The third kappa shape index (κ3) is 3.35. The largest absolute Gasteiger partial charge is 0.455 e. The van der Waals surface area contributed by atoms with Gasteiger partial charge in [0, 0.05) is 49.9 Å². The molecule has 0 bridgehead atoms. The molecular weight excluding hydrogens is 472 g/mol. The van der Waals surface area contributed by atoms with Crippen LogP contribution in [0.1, 0.15) is 5.56 Å². The van der Waals surface area contributed by atoms with Gasteiger partial charge in [-0.05, 0) is 36.8 Å². The second-order valence-corrected chi connectivity index (χ2v) is 9.38. The first-order chi connectivity index (χ1) is 18.6. The van der Waals surface area contributed by atoms with Gasteiger partial charge in [-0.1, -0.05) is 79.4 Å². The lowest BCUT2D eigenvalue weighted by atomic mass is 9.93. The summed E-state index contributed by atoms with van der Waals surface area (Å²) in [6, 6.07) is 32.1. The maximum atomic E-state index is 12.7. The summed E-state index contributed by atoms with van der Waals surface area (Å²) in [5.74, 6) is -0.105. The first-order valence-corrected chi connectivity index (χ1v) is 12.4. The molecule has 0 aliphatic rings. The number of carbonyl (C=O) groups is 1. The van der Waals surface area contributed by atoms with Crippen LogP contribution in [0.15, 0.2) is 119 Å². The van der Waals surface area contributed by atoms with E-state index in [-0.39, 0.29) is 0 Å². The fourth-order valence-corrected chi connectivity index (χ4v) is 5.34. The monoisotopic (exact) mass is 494 g/mol. The molecule has 0 unspecified atom stereocenters. The number of benzene rings is 5. The molecule has 0 amide bonds. The van der Waals surface area contributed by atoms with E-state index in [4.69, 9.17) is 13.6 Å². The minimum Gasteiger partial charge on any atom is -0.455 e. The molecule has 0 aliphatic carbocycles. The van der Waals surface area contributed by atoms with Gasteiger partial charge in [-0.2, -0.15) is 0 Å². The van der Waals surface area contributed by atoms with Crippen LogP contribution in [0.4, 0.5) is 0 Å². The Morgan fingerprint density at radius 1 is 0.658 bits per heavy atom. The Morgan fingerprint density at radius 3 is 1.63 bits per heavy atom. The van der Waals surface area contributed by atoms with Crippen molar-refractivity contribution in [3.05, 3.63) is 115 Å². The predicted molar refractivity (Wildman–Crippen MR) is 152 cm³/mol. The Kier molecular flexibility index (Phi) is 4.95. The van der Waals surface area contributed by atoms with Crippen LogP contribution in [0.25, 0.3) is 66.1 Å². The van der Waals surface area contributed by atoms with E-state index >= 15 is 0 Å². The van der Waals surface area contributed by atoms with Crippen molar-refractivity contribution in [1.82, 2.24) is 0 Å². The number of ether oxygens (including phenoxy) is 1. The summed E-state index contributed by atoms with van der Waals surface area (Å²) >= 11 is 0. The zero-order valence-electron chi connectivity index (χ0n) is 20.7. The minimum absolute atomic E-state index is 0.432. The van der Waals surface area contributed by atoms with Crippen molar-refractivity contribution in [3.63, 3.8) is 0 Å². The summed E-state index contributed by atoms with van der Waals surface area (Å²) in [4.78, 5) is 12.7. The van der Waals surface area contributed by atoms with E-state index in [1.807, 2.05) is 104 Å². The van der Waals surface area contributed by atoms with Crippen LogP contribution >= 0.6 is 0 Å². The second kappa shape index (κ2) is 8.49. The number of hydrogen-bond acceptors (Lipinski definition) is 4. The highest BCUT2D eigenvalue weighted by Crippen LogP contribution is 2.46. The molecule has 7 aromatic rings. The Labute approximate surface area is 218 Å². The summed E-state index contributed by atoms with van der Waals surface area (Å²) < 4.78 is 18.7. The molecule has 0 fully saturated rings. The second-order valence-electron chi connectivity index (χ2n) is 9.38. The molecule has 0 saturated heterocycles. The molecule has 0 aliphatic heterocycles. The van der Waals surface area contributed by atoms with Crippen molar-refractivity contribution in [2.24, 2.45) is 0 Å². The van der Waals surface area contributed by atoms with Gasteiger partial charge in [-0.25, -0.2) is 4.79 Å². The SMILES string of the molecule is C=CC(=O)Oc1c(-c2cccc3c2oc2ccccc23)cc(C)cc1-c1cccc2c1oc1ccccc12. The molecule has 4 heteroatoms. The standard InChI is InChI=1S/C34H22O4/c1-3-31(35)38-34-27(25-14-8-12-23-21-10-4-6-16-29(21)36-32(23)25)18-20(2)19-28(34)26-15-9-13-24-22-11-5-7-17-30(22)37-33(24)26/h3-19H,1H2,2H3. The highest BCUT2D eigenvalue weighted by molar-refractivity contribution is 6.12. The van der Waals surface area contributed by atoms with Crippen molar-refractivity contribution in [2.75, 3.05) is 0 Å². The summed E-state index contributed by atoms with van der Waals surface area (Å²) in [5.41, 5.74) is 7.29.